The van der Waals surface area contributed by atoms with E-state index in [0.29, 0.717) is 5.92 Å². The molecule has 0 aromatic carbocycles. The first-order valence-electron chi connectivity index (χ1n) is 3.13. The third kappa shape index (κ3) is 1.92. The van der Waals surface area contributed by atoms with Gasteiger partial charge in [-0.2, -0.15) is 0 Å². The largest absolute Gasteiger partial charge is 0.350 e. The van der Waals surface area contributed by atoms with Crippen molar-refractivity contribution in [1.29, 1.82) is 0 Å². The van der Waals surface area contributed by atoms with Gasteiger partial charge >= 0.3 is 0 Å². The van der Waals surface area contributed by atoms with E-state index in [1.165, 1.54) is 0 Å². The zero-order valence-electron chi connectivity index (χ0n) is 5.47. The van der Waals surface area contributed by atoms with Gasteiger partial charge in [-0.1, -0.05) is 22.9 Å². The molecule has 1 aliphatic rings. The first kappa shape index (κ1) is 7.51. The fourth-order valence-electron chi connectivity index (χ4n) is 0.778. The molecule has 0 aliphatic carbocycles. The van der Waals surface area contributed by atoms with Crippen LogP contribution >= 0.6 is 15.9 Å². The molecule has 0 amide bonds. The van der Waals surface area contributed by atoms with Crippen LogP contribution in [0.5, 0.6) is 0 Å². The van der Waals surface area contributed by atoms with E-state index in [1.807, 2.05) is 0 Å². The molecule has 3 heteroatoms. The maximum atomic E-state index is 5.25. The summed E-state index contributed by atoms with van der Waals surface area (Å²) in [6.45, 7) is 3.61. The molecule has 0 aromatic rings. The van der Waals surface area contributed by atoms with Crippen LogP contribution < -0.4 is 0 Å². The van der Waals surface area contributed by atoms with Crippen LogP contribution in [-0.4, -0.2) is 24.8 Å². The molecule has 0 aromatic heterocycles. The van der Waals surface area contributed by atoms with E-state index in [2.05, 4.69) is 22.9 Å². The summed E-state index contributed by atoms with van der Waals surface area (Å²) in [4.78, 5) is 0. The second-order valence-corrected chi connectivity index (χ2v) is 2.89. The summed E-state index contributed by atoms with van der Waals surface area (Å²) in [5.74, 6) is 0.465. The summed E-state index contributed by atoms with van der Waals surface area (Å²) in [5.41, 5.74) is 0. The average Bonchev–Trinajstić information content (AvgIpc) is 2.37. The molecule has 1 rings (SSSR count). The molecule has 54 valence electrons. The summed E-state index contributed by atoms with van der Waals surface area (Å²) in [6, 6.07) is 0. The van der Waals surface area contributed by atoms with E-state index in [-0.39, 0.29) is 6.29 Å². The standard InChI is InChI=1S/C6H11BrO2/c1-5(4-7)6-8-2-3-9-6/h5-6H,2-4H2,1H3/t5-/m0/s1. The van der Waals surface area contributed by atoms with Crippen LogP contribution in [0.4, 0.5) is 0 Å². The van der Waals surface area contributed by atoms with E-state index < -0.39 is 0 Å². The summed E-state index contributed by atoms with van der Waals surface area (Å²) >= 11 is 3.36. The van der Waals surface area contributed by atoms with Gasteiger partial charge in [0.05, 0.1) is 13.2 Å². The fourth-order valence-corrected chi connectivity index (χ4v) is 1.08. The second kappa shape index (κ2) is 3.54. The number of hydrogen-bond acceptors (Lipinski definition) is 2. The van der Waals surface area contributed by atoms with Gasteiger partial charge in [0.15, 0.2) is 6.29 Å². The van der Waals surface area contributed by atoms with Crippen molar-refractivity contribution < 1.29 is 9.47 Å². The first-order chi connectivity index (χ1) is 4.34. The van der Waals surface area contributed by atoms with Gasteiger partial charge in [-0.15, -0.1) is 0 Å². The minimum absolute atomic E-state index is 0.0318. The molecule has 1 heterocycles. The SMILES string of the molecule is C[C@@H](CBr)C1OCCO1. The number of alkyl halides is 1. The topological polar surface area (TPSA) is 18.5 Å². The Morgan fingerprint density at radius 1 is 1.56 bits per heavy atom. The third-order valence-electron chi connectivity index (χ3n) is 1.36. The Bertz CT molecular complexity index is 81.1. The summed E-state index contributed by atoms with van der Waals surface area (Å²) < 4.78 is 10.5. The molecule has 0 saturated carbocycles. The number of ether oxygens (including phenoxy) is 2. The molecule has 9 heavy (non-hydrogen) atoms. The summed E-state index contributed by atoms with van der Waals surface area (Å²) in [7, 11) is 0. The van der Waals surface area contributed by atoms with E-state index >= 15 is 0 Å². The molecule has 0 bridgehead atoms. The van der Waals surface area contributed by atoms with E-state index in [0.717, 1.165) is 18.5 Å². The predicted molar refractivity (Wildman–Crippen MR) is 38.7 cm³/mol. The predicted octanol–water partition coefficient (Wildman–Crippen LogP) is 1.39. The molecule has 0 unspecified atom stereocenters. The third-order valence-corrected chi connectivity index (χ3v) is 2.38. The van der Waals surface area contributed by atoms with Gasteiger partial charge in [0, 0.05) is 11.2 Å². The monoisotopic (exact) mass is 194 g/mol. The van der Waals surface area contributed by atoms with Crippen molar-refractivity contribution in [2.24, 2.45) is 5.92 Å². The molecule has 1 aliphatic heterocycles. The maximum absolute atomic E-state index is 5.25. The lowest BCUT2D eigenvalue weighted by atomic mass is 10.2. The Morgan fingerprint density at radius 3 is 2.56 bits per heavy atom. The highest BCUT2D eigenvalue weighted by Gasteiger charge is 2.21. The minimum atomic E-state index is 0.0318. The quantitative estimate of drug-likeness (QED) is 0.620. The lowest BCUT2D eigenvalue weighted by Gasteiger charge is -2.13. The molecular formula is C6H11BrO2. The van der Waals surface area contributed by atoms with Crippen LogP contribution in [0.2, 0.25) is 0 Å². The van der Waals surface area contributed by atoms with Crippen LogP contribution in [0.3, 0.4) is 0 Å². The van der Waals surface area contributed by atoms with Crippen molar-refractivity contribution in [1.82, 2.24) is 0 Å². The van der Waals surface area contributed by atoms with E-state index in [1.54, 1.807) is 0 Å². The molecule has 0 radical (unpaired) electrons. The van der Waals surface area contributed by atoms with Crippen molar-refractivity contribution in [2.45, 2.75) is 13.2 Å². The summed E-state index contributed by atoms with van der Waals surface area (Å²) in [6.07, 6.45) is 0.0318. The Labute approximate surface area is 63.7 Å². The zero-order chi connectivity index (χ0) is 6.69. The fraction of sp³-hybridized carbons (Fsp3) is 1.00. The second-order valence-electron chi connectivity index (χ2n) is 2.24. The maximum Gasteiger partial charge on any atom is 0.161 e. The van der Waals surface area contributed by atoms with E-state index in [9.17, 15) is 0 Å². The number of rotatable bonds is 2. The van der Waals surface area contributed by atoms with Gasteiger partial charge in [-0.25, -0.2) is 0 Å². The average molecular weight is 195 g/mol. The minimum Gasteiger partial charge on any atom is -0.350 e. The van der Waals surface area contributed by atoms with Crippen LogP contribution in [0.1, 0.15) is 6.92 Å². The van der Waals surface area contributed by atoms with Gasteiger partial charge in [0.2, 0.25) is 0 Å². The Morgan fingerprint density at radius 2 is 2.11 bits per heavy atom. The van der Waals surface area contributed by atoms with Crippen molar-refractivity contribution in [3.05, 3.63) is 0 Å². The normalized spacial score (nSPS) is 24.7. The van der Waals surface area contributed by atoms with Crippen LogP contribution in [-0.2, 0) is 9.47 Å². The Balaban J connectivity index is 2.24. The highest BCUT2D eigenvalue weighted by Crippen LogP contribution is 2.15. The van der Waals surface area contributed by atoms with Gasteiger partial charge in [-0.3, -0.25) is 0 Å². The molecule has 0 N–H and O–H groups in total. The lowest BCUT2D eigenvalue weighted by Crippen LogP contribution is -2.19. The van der Waals surface area contributed by atoms with Crippen molar-refractivity contribution >= 4 is 15.9 Å². The highest BCUT2D eigenvalue weighted by molar-refractivity contribution is 9.09. The molecule has 2 nitrogen and oxygen atoms in total. The van der Waals surface area contributed by atoms with Gasteiger partial charge in [0.25, 0.3) is 0 Å². The van der Waals surface area contributed by atoms with Gasteiger partial charge in [-0.05, 0) is 0 Å². The van der Waals surface area contributed by atoms with Crippen LogP contribution in [0.15, 0.2) is 0 Å². The van der Waals surface area contributed by atoms with Gasteiger partial charge in [0.1, 0.15) is 0 Å². The van der Waals surface area contributed by atoms with Crippen molar-refractivity contribution in [3.8, 4) is 0 Å². The molecule has 1 atom stereocenters. The molecule has 1 saturated heterocycles. The summed E-state index contributed by atoms with van der Waals surface area (Å²) in [5, 5.41) is 0.942. The molecule has 0 spiro atoms. The van der Waals surface area contributed by atoms with Crippen molar-refractivity contribution in [2.75, 3.05) is 18.5 Å². The van der Waals surface area contributed by atoms with Crippen LogP contribution in [0.25, 0.3) is 0 Å². The first-order valence-corrected chi connectivity index (χ1v) is 4.26. The molecular weight excluding hydrogens is 184 g/mol. The smallest absolute Gasteiger partial charge is 0.161 e. The number of halogens is 1. The van der Waals surface area contributed by atoms with Gasteiger partial charge < -0.3 is 9.47 Å². The Kier molecular flexibility index (Phi) is 2.95. The van der Waals surface area contributed by atoms with Crippen molar-refractivity contribution in [3.63, 3.8) is 0 Å². The number of hydrogen-bond donors (Lipinski definition) is 0. The molecule has 1 fully saturated rings. The highest BCUT2D eigenvalue weighted by atomic mass is 79.9. The Hall–Kier alpha value is 0.400. The van der Waals surface area contributed by atoms with Crippen LogP contribution in [0, 0.1) is 5.92 Å². The zero-order valence-corrected chi connectivity index (χ0v) is 7.06. The van der Waals surface area contributed by atoms with E-state index in [4.69, 9.17) is 9.47 Å². The lowest BCUT2D eigenvalue weighted by molar-refractivity contribution is -0.0716.